The molecule has 0 N–H and O–H groups in total. The van der Waals surface area contributed by atoms with Crippen molar-refractivity contribution in [2.24, 2.45) is 0 Å². The van der Waals surface area contributed by atoms with Crippen LogP contribution >= 0.6 is 0 Å². The SMILES string of the molecule is COc1ccccc1N1CCN(c2cc(N3CCN(C(=O)c4ccco4)CC3)ccc2[N+](=O)[O-])CC1. The maximum atomic E-state index is 12.6. The van der Waals surface area contributed by atoms with Crippen molar-refractivity contribution < 1.29 is 18.9 Å². The fourth-order valence-corrected chi connectivity index (χ4v) is 4.92. The number of piperazine rings is 2. The van der Waals surface area contributed by atoms with Gasteiger partial charge < -0.3 is 28.8 Å². The molecule has 2 saturated heterocycles. The minimum absolute atomic E-state index is 0.108. The lowest BCUT2D eigenvalue weighted by molar-refractivity contribution is -0.384. The Labute approximate surface area is 209 Å². The molecule has 10 nitrogen and oxygen atoms in total. The van der Waals surface area contributed by atoms with Gasteiger partial charge in [0.2, 0.25) is 0 Å². The standard InChI is InChI=1S/C26H29N5O5/c1-35-24-6-3-2-5-22(24)28-12-14-29(15-13-28)23-19-20(8-9-21(23)31(33)34)27-10-16-30(17-11-27)26(32)25-7-4-18-36-25/h2-9,18-19H,10-17H2,1H3. The largest absolute Gasteiger partial charge is 0.495 e. The predicted octanol–water partition coefficient (Wildman–Crippen LogP) is 3.49. The Morgan fingerprint density at radius 3 is 2.17 bits per heavy atom. The number of carbonyl (C=O) groups is 1. The Morgan fingerprint density at radius 1 is 0.861 bits per heavy atom. The normalized spacial score (nSPS) is 16.2. The first-order valence-electron chi connectivity index (χ1n) is 12.0. The highest BCUT2D eigenvalue weighted by atomic mass is 16.6. The number of nitro groups is 1. The van der Waals surface area contributed by atoms with Crippen LogP contribution in [0.25, 0.3) is 0 Å². The van der Waals surface area contributed by atoms with E-state index in [0.717, 1.165) is 30.2 Å². The third-order valence-electron chi connectivity index (χ3n) is 6.87. The Balaban J connectivity index is 1.29. The van der Waals surface area contributed by atoms with Crippen molar-refractivity contribution in [1.29, 1.82) is 0 Å². The molecule has 1 amide bonds. The molecule has 0 radical (unpaired) electrons. The van der Waals surface area contributed by atoms with E-state index in [9.17, 15) is 14.9 Å². The number of carbonyl (C=O) groups excluding carboxylic acids is 1. The third-order valence-corrected chi connectivity index (χ3v) is 6.87. The fourth-order valence-electron chi connectivity index (χ4n) is 4.92. The summed E-state index contributed by atoms with van der Waals surface area (Å²) in [6.07, 6.45) is 1.50. The van der Waals surface area contributed by atoms with E-state index in [2.05, 4.69) is 14.7 Å². The first-order valence-corrected chi connectivity index (χ1v) is 12.0. The maximum absolute atomic E-state index is 12.6. The molecule has 2 fully saturated rings. The minimum Gasteiger partial charge on any atom is -0.495 e. The van der Waals surface area contributed by atoms with Crippen LogP contribution in [0.1, 0.15) is 10.6 Å². The molecule has 10 heteroatoms. The number of hydrogen-bond acceptors (Lipinski definition) is 8. The number of anilines is 3. The van der Waals surface area contributed by atoms with E-state index >= 15 is 0 Å². The highest BCUT2D eigenvalue weighted by molar-refractivity contribution is 5.91. The molecule has 0 atom stereocenters. The van der Waals surface area contributed by atoms with Gasteiger partial charge in [-0.05, 0) is 36.4 Å². The average molecular weight is 492 g/mol. The molecule has 36 heavy (non-hydrogen) atoms. The van der Waals surface area contributed by atoms with Crippen molar-refractivity contribution in [2.45, 2.75) is 0 Å². The quantitative estimate of drug-likeness (QED) is 0.382. The number of methoxy groups -OCH3 is 1. The molecule has 2 aliphatic heterocycles. The molecule has 188 valence electrons. The van der Waals surface area contributed by atoms with Crippen LogP contribution in [0.2, 0.25) is 0 Å². The van der Waals surface area contributed by atoms with E-state index in [0.29, 0.717) is 50.7 Å². The van der Waals surface area contributed by atoms with Crippen molar-refractivity contribution in [3.05, 3.63) is 76.7 Å². The molecule has 0 aliphatic carbocycles. The smallest absolute Gasteiger partial charge is 0.292 e. The van der Waals surface area contributed by atoms with Crippen molar-refractivity contribution in [3.63, 3.8) is 0 Å². The predicted molar refractivity (Wildman–Crippen MR) is 137 cm³/mol. The number of ether oxygens (including phenoxy) is 1. The minimum atomic E-state index is -0.314. The number of furan rings is 1. The van der Waals surface area contributed by atoms with Gasteiger partial charge in [-0.1, -0.05) is 12.1 Å². The van der Waals surface area contributed by atoms with Gasteiger partial charge in [-0.3, -0.25) is 14.9 Å². The van der Waals surface area contributed by atoms with Gasteiger partial charge in [0.15, 0.2) is 5.76 Å². The summed E-state index contributed by atoms with van der Waals surface area (Å²) < 4.78 is 10.7. The molecular weight excluding hydrogens is 462 g/mol. The van der Waals surface area contributed by atoms with E-state index < -0.39 is 0 Å². The highest BCUT2D eigenvalue weighted by Gasteiger charge is 2.28. The molecule has 5 rings (SSSR count). The molecule has 3 aromatic rings. The van der Waals surface area contributed by atoms with Crippen LogP contribution in [0.5, 0.6) is 5.75 Å². The Kier molecular flexibility index (Phi) is 6.66. The van der Waals surface area contributed by atoms with Gasteiger partial charge in [0.1, 0.15) is 11.4 Å². The Bertz CT molecular complexity index is 1220. The zero-order chi connectivity index (χ0) is 25.1. The summed E-state index contributed by atoms with van der Waals surface area (Å²) in [6.45, 7) is 5.19. The number of hydrogen-bond donors (Lipinski definition) is 0. The van der Waals surface area contributed by atoms with Gasteiger partial charge in [0.05, 0.1) is 24.0 Å². The van der Waals surface area contributed by atoms with E-state index in [-0.39, 0.29) is 16.5 Å². The molecule has 3 heterocycles. The van der Waals surface area contributed by atoms with Gasteiger partial charge in [-0.25, -0.2) is 0 Å². The van der Waals surface area contributed by atoms with E-state index in [4.69, 9.17) is 9.15 Å². The first kappa shape index (κ1) is 23.5. The van der Waals surface area contributed by atoms with E-state index in [1.54, 1.807) is 36.3 Å². The van der Waals surface area contributed by atoms with Gasteiger partial charge in [0.25, 0.3) is 11.6 Å². The van der Waals surface area contributed by atoms with Crippen molar-refractivity contribution >= 4 is 28.7 Å². The highest BCUT2D eigenvalue weighted by Crippen LogP contribution is 2.35. The van der Waals surface area contributed by atoms with Crippen molar-refractivity contribution in [2.75, 3.05) is 74.2 Å². The molecule has 0 bridgehead atoms. The van der Waals surface area contributed by atoms with Crippen LogP contribution in [0, 0.1) is 10.1 Å². The zero-order valence-corrected chi connectivity index (χ0v) is 20.2. The van der Waals surface area contributed by atoms with Gasteiger partial charge in [-0.15, -0.1) is 0 Å². The lowest BCUT2D eigenvalue weighted by Gasteiger charge is -2.38. The number of nitrogens with zero attached hydrogens (tertiary/aromatic N) is 5. The summed E-state index contributed by atoms with van der Waals surface area (Å²) in [4.78, 5) is 32.4. The van der Waals surface area contributed by atoms with Crippen molar-refractivity contribution in [3.8, 4) is 5.75 Å². The third kappa shape index (κ3) is 4.66. The van der Waals surface area contributed by atoms with Crippen LogP contribution in [-0.2, 0) is 0 Å². The molecule has 0 unspecified atom stereocenters. The van der Waals surface area contributed by atoms with Gasteiger partial charge in [-0.2, -0.15) is 0 Å². The molecule has 1 aromatic heterocycles. The number of para-hydroxylation sites is 2. The summed E-state index contributed by atoms with van der Waals surface area (Å²) in [6, 6.07) is 16.6. The second kappa shape index (κ2) is 10.2. The molecular formula is C26H29N5O5. The number of amides is 1. The number of benzene rings is 2. The average Bonchev–Trinajstić information content (AvgIpc) is 3.48. The Hall–Kier alpha value is -4.21. The van der Waals surface area contributed by atoms with Crippen molar-refractivity contribution in [1.82, 2.24) is 4.90 Å². The van der Waals surface area contributed by atoms with Gasteiger partial charge in [0, 0.05) is 64.1 Å². The molecule has 0 saturated carbocycles. The van der Waals surface area contributed by atoms with E-state index in [1.165, 1.54) is 6.26 Å². The lowest BCUT2D eigenvalue weighted by atomic mass is 10.1. The summed E-state index contributed by atoms with van der Waals surface area (Å²) >= 11 is 0. The van der Waals surface area contributed by atoms with Crippen LogP contribution in [0.15, 0.2) is 65.3 Å². The fraction of sp³-hybridized carbons (Fsp3) is 0.346. The Morgan fingerprint density at radius 2 is 1.53 bits per heavy atom. The topological polar surface area (TPSA) is 95.5 Å². The number of rotatable bonds is 6. The summed E-state index contributed by atoms with van der Waals surface area (Å²) in [7, 11) is 1.66. The summed E-state index contributed by atoms with van der Waals surface area (Å²) in [5, 5.41) is 11.8. The second-order valence-corrected chi connectivity index (χ2v) is 8.83. The van der Waals surface area contributed by atoms with Crippen LogP contribution in [-0.4, -0.2) is 75.2 Å². The van der Waals surface area contributed by atoms with Crippen LogP contribution < -0.4 is 19.4 Å². The summed E-state index contributed by atoms with van der Waals surface area (Å²) in [5.41, 5.74) is 2.69. The molecule has 0 spiro atoms. The first-order chi connectivity index (χ1) is 17.5. The summed E-state index contributed by atoms with van der Waals surface area (Å²) in [5.74, 6) is 1.05. The zero-order valence-electron chi connectivity index (χ0n) is 20.2. The molecule has 2 aliphatic rings. The van der Waals surface area contributed by atoms with Crippen LogP contribution in [0.4, 0.5) is 22.7 Å². The number of nitro benzene ring substituents is 1. The second-order valence-electron chi connectivity index (χ2n) is 8.83. The van der Waals surface area contributed by atoms with Crippen LogP contribution in [0.3, 0.4) is 0 Å². The molecule has 2 aromatic carbocycles. The monoisotopic (exact) mass is 491 g/mol. The maximum Gasteiger partial charge on any atom is 0.292 e. The lowest BCUT2D eigenvalue weighted by Crippen LogP contribution is -2.49. The van der Waals surface area contributed by atoms with E-state index in [1.807, 2.05) is 30.3 Å². The van der Waals surface area contributed by atoms with Gasteiger partial charge >= 0.3 is 0 Å².